The van der Waals surface area contributed by atoms with Gasteiger partial charge in [-0.05, 0) is 33.5 Å². The van der Waals surface area contributed by atoms with Crippen LogP contribution < -0.4 is 15.8 Å². The maximum Gasteiger partial charge on any atom is 0.352 e. The van der Waals surface area contributed by atoms with Crippen molar-refractivity contribution in [1.82, 2.24) is 35.6 Å². The van der Waals surface area contributed by atoms with Gasteiger partial charge in [-0.3, -0.25) is 14.5 Å². The van der Waals surface area contributed by atoms with Crippen molar-refractivity contribution in [1.29, 1.82) is 0 Å². The number of carboxylic acid groups (broad SMARTS) is 1. The van der Waals surface area contributed by atoms with E-state index in [2.05, 4.69) is 30.7 Å². The number of aromatic amines is 1. The molecule has 39 heavy (non-hydrogen) atoms. The van der Waals surface area contributed by atoms with Crippen LogP contribution in [0.5, 0.6) is 0 Å². The van der Waals surface area contributed by atoms with Crippen LogP contribution in [0.15, 0.2) is 40.7 Å². The van der Waals surface area contributed by atoms with Crippen LogP contribution in [0.3, 0.4) is 0 Å². The van der Waals surface area contributed by atoms with Gasteiger partial charge in [0.15, 0.2) is 0 Å². The van der Waals surface area contributed by atoms with Gasteiger partial charge in [-0.15, -0.1) is 16.9 Å². The third-order valence-corrected chi connectivity index (χ3v) is 9.27. The van der Waals surface area contributed by atoms with Crippen molar-refractivity contribution in [3.63, 3.8) is 0 Å². The Bertz CT molecular complexity index is 1370. The number of aliphatic carboxylic acids is 1. The number of thioether (sulfide) groups is 2. The van der Waals surface area contributed by atoms with Crippen molar-refractivity contribution in [3.05, 3.63) is 46.7 Å². The van der Waals surface area contributed by atoms with E-state index in [1.807, 2.05) is 0 Å². The lowest BCUT2D eigenvalue weighted by atomic mass is 9.99. The van der Waals surface area contributed by atoms with Crippen molar-refractivity contribution in [2.45, 2.75) is 40.9 Å². The second kappa shape index (κ2) is 12.0. The van der Waals surface area contributed by atoms with Gasteiger partial charge in [0, 0.05) is 17.5 Å². The molecule has 2 aliphatic heterocycles. The number of carboxylic acids is 1. The van der Waals surface area contributed by atoms with Crippen molar-refractivity contribution in [2.24, 2.45) is 5.73 Å². The van der Waals surface area contributed by atoms with Gasteiger partial charge in [0.05, 0.1) is 12.9 Å². The Morgan fingerprint density at radius 1 is 1.33 bits per heavy atom. The quantitative estimate of drug-likeness (QED) is 0.121. The number of aliphatic hydroxyl groups excluding tert-OH is 1. The summed E-state index contributed by atoms with van der Waals surface area (Å²) < 4.78 is 25.5. The van der Waals surface area contributed by atoms with E-state index in [0.717, 1.165) is 22.9 Å². The van der Waals surface area contributed by atoms with Crippen molar-refractivity contribution in [3.8, 4) is 0 Å². The molecule has 7 N–H and O–H groups in total. The van der Waals surface area contributed by atoms with Crippen LogP contribution in [0, 0.1) is 0 Å². The molecule has 0 radical (unpaired) electrons. The zero-order valence-electron chi connectivity index (χ0n) is 20.5. The zero-order valence-corrected chi connectivity index (χ0v) is 22.9. The molecule has 1 saturated heterocycles. The lowest BCUT2D eigenvalue weighted by Gasteiger charge is -2.50. The summed E-state index contributed by atoms with van der Waals surface area (Å²) >= 11 is 2.39. The number of β-lactam (4-membered cyclic amide) rings is 1. The molecule has 1 aromatic heterocycles. The summed E-state index contributed by atoms with van der Waals surface area (Å²) in [5.41, 5.74) is 7.39. The van der Waals surface area contributed by atoms with E-state index in [4.69, 9.17) is 5.73 Å². The smallest absolute Gasteiger partial charge is 0.352 e. The van der Waals surface area contributed by atoms with Crippen molar-refractivity contribution in [2.75, 3.05) is 18.6 Å². The minimum atomic E-state index is -3.48. The molecule has 18 heteroatoms. The molecule has 0 spiro atoms. The molecule has 2 unspecified atom stereocenters. The number of carbonyl (C=O) groups excluding carboxylic acids is 2. The monoisotopic (exact) mass is 598 g/mol. The number of fused-ring (bicyclic) bond motifs is 1. The van der Waals surface area contributed by atoms with Gasteiger partial charge >= 0.3 is 5.97 Å². The molecule has 0 aliphatic carbocycles. The summed E-state index contributed by atoms with van der Waals surface area (Å²) in [6, 6.07) is 4.44. The van der Waals surface area contributed by atoms with Crippen LogP contribution >= 0.6 is 23.5 Å². The topological polar surface area (TPSA) is 234 Å². The molecule has 4 atom stereocenters. The number of tetrazole rings is 1. The fourth-order valence-corrected chi connectivity index (χ4v) is 7.17. The number of amides is 2. The number of rotatable bonds is 12. The molecular weight excluding hydrogens is 572 g/mol. The maximum atomic E-state index is 13.1. The number of hydrogen-bond acceptors (Lipinski definition) is 12. The average Bonchev–Trinajstić information content (AvgIpc) is 3.42. The molecule has 2 amide bonds. The molecule has 210 valence electrons. The summed E-state index contributed by atoms with van der Waals surface area (Å²) in [7, 11) is -3.48. The predicted molar refractivity (Wildman–Crippen MR) is 140 cm³/mol. The molecule has 15 nitrogen and oxygen atoms in total. The van der Waals surface area contributed by atoms with E-state index >= 15 is 0 Å². The summed E-state index contributed by atoms with van der Waals surface area (Å²) in [6.07, 6.45) is 1.21. The van der Waals surface area contributed by atoms with E-state index in [9.17, 15) is 33.0 Å². The Morgan fingerprint density at radius 3 is 2.64 bits per heavy atom. The lowest BCUT2D eigenvalue weighted by Crippen LogP contribution is -2.71. The number of nitrogens with two attached hydrogens (primary N) is 1. The fraction of sp³-hybridized carbons (Fsp3) is 0.429. The first-order valence-corrected chi connectivity index (χ1v) is 15.3. The molecule has 0 saturated carbocycles. The first-order chi connectivity index (χ1) is 18.5. The zero-order chi connectivity index (χ0) is 28.3. The highest BCUT2D eigenvalue weighted by molar-refractivity contribution is 8.01. The van der Waals surface area contributed by atoms with Gasteiger partial charge in [-0.2, -0.15) is 0 Å². The maximum absolute atomic E-state index is 13.1. The van der Waals surface area contributed by atoms with Gasteiger partial charge < -0.3 is 21.3 Å². The second-order valence-electron chi connectivity index (χ2n) is 8.72. The summed E-state index contributed by atoms with van der Waals surface area (Å²) in [5.74, 6) is -2.32. The third-order valence-electron chi connectivity index (χ3n) is 6.04. The Balaban J connectivity index is 1.52. The molecule has 2 aliphatic rings. The Hall–Kier alpha value is -3.03. The summed E-state index contributed by atoms with van der Waals surface area (Å²) in [5, 5.41) is 34.4. The van der Waals surface area contributed by atoms with Crippen LogP contribution in [0.25, 0.3) is 0 Å². The number of hydrogen-bond donors (Lipinski definition) is 6. The van der Waals surface area contributed by atoms with E-state index in [-0.39, 0.29) is 31.0 Å². The number of sulfonamides is 1. The van der Waals surface area contributed by atoms with Crippen LogP contribution in [0.4, 0.5) is 0 Å². The number of aromatic nitrogens is 4. The normalized spacial score (nSPS) is 20.7. The molecule has 1 aromatic carbocycles. The number of aliphatic hydroxyl groups is 1. The van der Waals surface area contributed by atoms with Gasteiger partial charge in [-0.25, -0.2) is 23.0 Å². The number of H-pyrrole nitrogens is 1. The van der Waals surface area contributed by atoms with E-state index in [1.54, 1.807) is 24.3 Å². The Labute approximate surface area is 231 Å². The van der Waals surface area contributed by atoms with E-state index in [1.165, 1.54) is 11.8 Å². The number of nitrogens with one attached hydrogen (secondary N) is 3. The van der Waals surface area contributed by atoms with Crippen LogP contribution in [0.2, 0.25) is 0 Å². The van der Waals surface area contributed by atoms with Crippen LogP contribution in [-0.4, -0.2) is 97.2 Å². The van der Waals surface area contributed by atoms with Crippen molar-refractivity contribution < 1.29 is 33.0 Å². The molecule has 2 aromatic rings. The van der Waals surface area contributed by atoms with Crippen LogP contribution in [-0.2, 0) is 31.0 Å². The van der Waals surface area contributed by atoms with E-state index < -0.39 is 50.5 Å². The predicted octanol–water partition coefficient (Wildman–Crippen LogP) is -1.47. The Morgan fingerprint density at radius 2 is 2.05 bits per heavy atom. The highest BCUT2D eigenvalue weighted by atomic mass is 32.2. The third kappa shape index (κ3) is 6.59. The van der Waals surface area contributed by atoms with Crippen molar-refractivity contribution >= 4 is 51.3 Å². The minimum Gasteiger partial charge on any atom is -0.477 e. The standard InChI is InChI=1S/C21H26N8O7S3/c1-39(35,36)23-7-6-13(38-21-25-27-28-26-21)12-9-37-19-15(18(32)29(19)16(12)20(33)34)24-17(31)14(22)11-4-2-10(8-30)3-5-11/h2-5,13-15,19,23,30H,6-9,22H2,1H3,(H,24,31)(H,33,34)(H,25,26,27,28)/t13?,14?,15-,19+/m1/s1. The average molecular weight is 599 g/mol. The second-order valence-corrected chi connectivity index (χ2v) is 12.8. The summed E-state index contributed by atoms with van der Waals surface area (Å²) in [6.45, 7) is -0.135. The molecule has 3 heterocycles. The van der Waals surface area contributed by atoms with Gasteiger partial charge in [0.1, 0.15) is 23.2 Å². The first-order valence-electron chi connectivity index (χ1n) is 11.5. The minimum absolute atomic E-state index is 0.0202. The SMILES string of the molecule is CS(=O)(=O)NCCC(Sc1nnn[nH]1)C1=C(C(=O)O)N2C(=O)[C@@H](NC(=O)C(N)c3ccc(CO)cc3)[C@@H]2SC1. The number of carbonyl (C=O) groups is 3. The van der Waals surface area contributed by atoms with Gasteiger partial charge in [-0.1, -0.05) is 36.0 Å². The Kier molecular flexibility index (Phi) is 8.92. The van der Waals surface area contributed by atoms with E-state index in [0.29, 0.717) is 21.9 Å². The summed E-state index contributed by atoms with van der Waals surface area (Å²) in [4.78, 5) is 39.4. The molecule has 1 fully saturated rings. The first kappa shape index (κ1) is 29.0. The number of benzene rings is 1. The number of nitrogens with zero attached hydrogens (tertiary/aromatic N) is 4. The largest absolute Gasteiger partial charge is 0.477 e. The highest BCUT2D eigenvalue weighted by Gasteiger charge is 2.55. The van der Waals surface area contributed by atoms with Crippen LogP contribution in [0.1, 0.15) is 23.6 Å². The highest BCUT2D eigenvalue weighted by Crippen LogP contribution is 2.44. The molecule has 4 rings (SSSR count). The van der Waals surface area contributed by atoms with Gasteiger partial charge in [0.25, 0.3) is 5.91 Å². The fourth-order valence-electron chi connectivity index (χ4n) is 4.13. The molecule has 0 bridgehead atoms. The lowest BCUT2D eigenvalue weighted by molar-refractivity contribution is -0.150. The van der Waals surface area contributed by atoms with Gasteiger partial charge in [0.2, 0.25) is 21.1 Å². The molecular formula is C21H26N8O7S3.